The molecule has 1 amide bonds. The zero-order chi connectivity index (χ0) is 23.9. The molecule has 0 saturated carbocycles. The molecule has 0 unspecified atom stereocenters. The Hall–Kier alpha value is -3.05. The van der Waals surface area contributed by atoms with E-state index in [1.54, 1.807) is 4.90 Å². The van der Waals surface area contributed by atoms with Crippen LogP contribution in [0.3, 0.4) is 0 Å². The maximum atomic E-state index is 13.4. The number of ether oxygens (including phenoxy) is 3. The third kappa shape index (κ3) is 4.06. The number of rotatable bonds is 4. The molecule has 178 valence electrons. The molecule has 1 aromatic heterocycles. The van der Waals surface area contributed by atoms with Crippen molar-refractivity contribution in [3.8, 4) is 5.75 Å². The molecule has 3 heterocycles. The Morgan fingerprint density at radius 1 is 1.12 bits per heavy atom. The molecule has 0 N–H and O–H groups in total. The van der Waals surface area contributed by atoms with Gasteiger partial charge in [0.15, 0.2) is 10.6 Å². The first kappa shape index (κ1) is 23.1. The Labute approximate surface area is 192 Å². The van der Waals surface area contributed by atoms with E-state index in [0.717, 1.165) is 23.9 Å². The van der Waals surface area contributed by atoms with Crippen molar-refractivity contribution in [1.82, 2.24) is 4.31 Å². The van der Waals surface area contributed by atoms with Gasteiger partial charge in [-0.25, -0.2) is 18.0 Å². The fourth-order valence-electron chi connectivity index (χ4n) is 4.47. The molecule has 10 nitrogen and oxygen atoms in total. The van der Waals surface area contributed by atoms with Crippen LogP contribution in [0.4, 0.5) is 15.3 Å². The lowest BCUT2D eigenvalue weighted by Crippen LogP contribution is -2.50. The molecule has 33 heavy (non-hydrogen) atoms. The summed E-state index contributed by atoms with van der Waals surface area (Å²) in [5, 5.41) is 0. The molecule has 0 spiro atoms. The second-order valence-electron chi connectivity index (χ2n) is 8.07. The molecule has 0 radical (unpaired) electrons. The van der Waals surface area contributed by atoms with E-state index in [-0.39, 0.29) is 47.9 Å². The van der Waals surface area contributed by atoms with Gasteiger partial charge in [-0.1, -0.05) is 18.2 Å². The molecular formula is C22H26N2O8S. The van der Waals surface area contributed by atoms with Gasteiger partial charge in [-0.2, -0.15) is 4.31 Å². The van der Waals surface area contributed by atoms with Gasteiger partial charge in [0.25, 0.3) is 0 Å². The summed E-state index contributed by atoms with van der Waals surface area (Å²) in [5.74, 6) is 0.109. The molecule has 2 aromatic rings. The summed E-state index contributed by atoms with van der Waals surface area (Å²) in [6.07, 6.45) is -0.615. The van der Waals surface area contributed by atoms with Crippen LogP contribution in [0.1, 0.15) is 35.5 Å². The predicted octanol–water partition coefficient (Wildman–Crippen LogP) is 3.66. The van der Waals surface area contributed by atoms with Crippen molar-refractivity contribution in [3.63, 3.8) is 0 Å². The molecule has 0 atom stereocenters. The lowest BCUT2D eigenvalue weighted by molar-refractivity contribution is 0.119. The zero-order valence-corrected chi connectivity index (χ0v) is 19.7. The Bertz CT molecular complexity index is 1200. The third-order valence-corrected chi connectivity index (χ3v) is 8.03. The van der Waals surface area contributed by atoms with Crippen LogP contribution in [-0.4, -0.2) is 51.2 Å². The van der Waals surface area contributed by atoms with Crippen molar-refractivity contribution in [1.29, 1.82) is 0 Å². The Kier molecular flexibility index (Phi) is 6.10. The van der Waals surface area contributed by atoms with Crippen molar-refractivity contribution in [2.75, 3.05) is 25.1 Å². The molecule has 1 fully saturated rings. The monoisotopic (exact) mass is 478 g/mol. The summed E-state index contributed by atoms with van der Waals surface area (Å²) in [6.45, 7) is 5.54. The summed E-state index contributed by atoms with van der Waals surface area (Å²) < 4.78 is 48.6. The molecule has 4 rings (SSSR count). The lowest BCUT2D eigenvalue weighted by atomic mass is 10.00. The van der Waals surface area contributed by atoms with Crippen molar-refractivity contribution in [2.45, 2.75) is 51.2 Å². The number of sulfonamides is 1. The molecule has 0 aliphatic carbocycles. The highest BCUT2D eigenvalue weighted by atomic mass is 32.2. The SMILES string of the molecule is COC(=O)Oc1c(C)oc(C)c1S(=O)(=O)N1CCC(N2C(=O)OCc3cccc(C)c32)CC1. The number of para-hydroxylation sites is 1. The number of piperidine rings is 1. The van der Waals surface area contributed by atoms with E-state index in [4.69, 9.17) is 13.9 Å². The first-order chi connectivity index (χ1) is 15.6. The van der Waals surface area contributed by atoms with Crippen molar-refractivity contribution >= 4 is 28.0 Å². The summed E-state index contributed by atoms with van der Waals surface area (Å²) >= 11 is 0. The second kappa shape index (κ2) is 8.71. The maximum absolute atomic E-state index is 13.4. The topological polar surface area (TPSA) is 116 Å². The van der Waals surface area contributed by atoms with Gasteiger partial charge in [0.1, 0.15) is 18.1 Å². The van der Waals surface area contributed by atoms with Crippen molar-refractivity contribution in [2.24, 2.45) is 0 Å². The van der Waals surface area contributed by atoms with Gasteiger partial charge in [0, 0.05) is 24.7 Å². The lowest BCUT2D eigenvalue weighted by Gasteiger charge is -2.40. The molecule has 11 heteroatoms. The number of fused-ring (bicyclic) bond motifs is 1. The fraction of sp³-hybridized carbons (Fsp3) is 0.455. The number of aryl methyl sites for hydroxylation is 3. The van der Waals surface area contributed by atoms with Crippen molar-refractivity contribution in [3.05, 3.63) is 40.8 Å². The van der Waals surface area contributed by atoms with E-state index in [2.05, 4.69) is 4.74 Å². The molecule has 2 aliphatic rings. The number of methoxy groups -OCH3 is 1. The van der Waals surface area contributed by atoms with Gasteiger partial charge in [-0.05, 0) is 39.2 Å². The van der Waals surface area contributed by atoms with Crippen molar-refractivity contribution < 1.29 is 36.6 Å². The van der Waals surface area contributed by atoms with Gasteiger partial charge in [0.05, 0.1) is 12.8 Å². The number of amides is 1. The molecule has 2 aliphatic heterocycles. The minimum Gasteiger partial charge on any atom is -0.461 e. The number of carbonyl (C=O) groups is 2. The number of nitrogens with zero attached hydrogens (tertiary/aromatic N) is 2. The van der Waals surface area contributed by atoms with Gasteiger partial charge >= 0.3 is 12.2 Å². The van der Waals surface area contributed by atoms with Crippen LogP contribution in [0.2, 0.25) is 0 Å². The van der Waals surface area contributed by atoms with Gasteiger partial charge < -0.3 is 18.6 Å². The zero-order valence-electron chi connectivity index (χ0n) is 18.9. The van der Waals surface area contributed by atoms with E-state index >= 15 is 0 Å². The molecule has 1 aromatic carbocycles. The normalized spacial score (nSPS) is 17.5. The average Bonchev–Trinajstić information content (AvgIpc) is 3.07. The quantitative estimate of drug-likeness (QED) is 0.612. The highest BCUT2D eigenvalue weighted by Gasteiger charge is 2.40. The highest BCUT2D eigenvalue weighted by molar-refractivity contribution is 7.89. The summed E-state index contributed by atoms with van der Waals surface area (Å²) in [7, 11) is -2.89. The number of cyclic esters (lactones) is 1. The minimum atomic E-state index is -4.02. The fourth-order valence-corrected chi connectivity index (χ4v) is 6.24. The maximum Gasteiger partial charge on any atom is 0.513 e. The molecule has 1 saturated heterocycles. The van der Waals surface area contributed by atoms with Crippen LogP contribution in [0.15, 0.2) is 27.5 Å². The summed E-state index contributed by atoms with van der Waals surface area (Å²) in [5.41, 5.74) is 2.73. The largest absolute Gasteiger partial charge is 0.513 e. The molecular weight excluding hydrogens is 452 g/mol. The standard InChI is InChI=1S/C22H26N2O8S/c1-13-6-5-7-16-12-30-21(25)24(18(13)16)17-8-10-23(11-9-17)33(27,28)20-15(3)31-14(2)19(20)32-22(26)29-4/h5-7,17H,8-12H2,1-4H3. The van der Waals surface area contributed by atoms with Crippen LogP contribution in [0.25, 0.3) is 0 Å². The Morgan fingerprint density at radius 3 is 2.48 bits per heavy atom. The number of anilines is 1. The van der Waals surface area contributed by atoms with E-state index in [1.165, 1.54) is 18.2 Å². The van der Waals surface area contributed by atoms with E-state index in [0.29, 0.717) is 12.8 Å². The highest BCUT2D eigenvalue weighted by Crippen LogP contribution is 2.39. The summed E-state index contributed by atoms with van der Waals surface area (Å²) in [4.78, 5) is 25.7. The second-order valence-corrected chi connectivity index (χ2v) is 9.95. The Morgan fingerprint density at radius 2 is 1.82 bits per heavy atom. The number of hydrogen-bond donors (Lipinski definition) is 0. The van der Waals surface area contributed by atoms with Crippen LogP contribution < -0.4 is 9.64 Å². The minimum absolute atomic E-state index is 0.123. The first-order valence-electron chi connectivity index (χ1n) is 10.6. The van der Waals surface area contributed by atoms with E-state index < -0.39 is 22.3 Å². The average molecular weight is 479 g/mol. The van der Waals surface area contributed by atoms with Gasteiger partial charge in [0.2, 0.25) is 10.0 Å². The molecule has 0 bridgehead atoms. The number of carbonyl (C=O) groups excluding carboxylic acids is 2. The van der Waals surface area contributed by atoms with E-state index in [1.807, 2.05) is 25.1 Å². The smallest absolute Gasteiger partial charge is 0.461 e. The van der Waals surface area contributed by atoms with Gasteiger partial charge in [-0.15, -0.1) is 0 Å². The number of hydrogen-bond acceptors (Lipinski definition) is 8. The predicted molar refractivity (Wildman–Crippen MR) is 117 cm³/mol. The van der Waals surface area contributed by atoms with Crippen LogP contribution in [0.5, 0.6) is 5.75 Å². The number of benzene rings is 1. The van der Waals surface area contributed by atoms with Crippen LogP contribution in [-0.2, 0) is 26.1 Å². The first-order valence-corrected chi connectivity index (χ1v) is 12.0. The Balaban J connectivity index is 1.57. The van der Waals surface area contributed by atoms with Crippen LogP contribution >= 0.6 is 0 Å². The third-order valence-electron chi connectivity index (χ3n) is 6.00. The number of furan rings is 1. The summed E-state index contributed by atoms with van der Waals surface area (Å²) in [6, 6.07) is 5.58. The van der Waals surface area contributed by atoms with Crippen LogP contribution in [0, 0.1) is 20.8 Å². The van der Waals surface area contributed by atoms with Gasteiger partial charge in [-0.3, -0.25) is 4.90 Å². The van der Waals surface area contributed by atoms with E-state index in [9.17, 15) is 18.0 Å².